The summed E-state index contributed by atoms with van der Waals surface area (Å²) in [7, 11) is -5.47. The van der Waals surface area contributed by atoms with Crippen molar-refractivity contribution in [2.24, 2.45) is 0 Å². The van der Waals surface area contributed by atoms with Crippen molar-refractivity contribution in [3.05, 3.63) is 59.9 Å². The zero-order valence-corrected chi connectivity index (χ0v) is 15.1. The smallest absolute Gasteiger partial charge is 0.305 e. The summed E-state index contributed by atoms with van der Waals surface area (Å²) < 4.78 is 60.4. The standard InChI is InChI=1S/C17H13F3N4O3S/c1-10-14(11-6-8-21-9-7-11)23-24-15(10)22-16(25)12-2-4-13(5-3-12)28(26,27)17(18,19)20/h2-9H,1H3,(H2,22,23,24,25). The van der Waals surface area contributed by atoms with Crippen LogP contribution in [0.1, 0.15) is 15.9 Å². The number of carbonyl (C=O) groups excluding carboxylic acids is 1. The van der Waals surface area contributed by atoms with E-state index in [9.17, 15) is 26.4 Å². The van der Waals surface area contributed by atoms with E-state index in [1.807, 2.05) is 0 Å². The minimum absolute atomic E-state index is 0.0195. The second-order valence-electron chi connectivity index (χ2n) is 5.74. The van der Waals surface area contributed by atoms with Gasteiger partial charge in [0.05, 0.1) is 10.6 Å². The molecule has 0 saturated heterocycles. The Morgan fingerprint density at radius 2 is 1.68 bits per heavy atom. The highest BCUT2D eigenvalue weighted by molar-refractivity contribution is 7.92. The second-order valence-corrected chi connectivity index (χ2v) is 7.68. The number of amides is 1. The van der Waals surface area contributed by atoms with Gasteiger partial charge < -0.3 is 5.32 Å². The van der Waals surface area contributed by atoms with Gasteiger partial charge in [0, 0.05) is 29.1 Å². The van der Waals surface area contributed by atoms with Gasteiger partial charge in [-0.25, -0.2) is 8.42 Å². The summed E-state index contributed by atoms with van der Waals surface area (Å²) in [6.45, 7) is 1.73. The van der Waals surface area contributed by atoms with Gasteiger partial charge in [-0.15, -0.1) is 0 Å². The Morgan fingerprint density at radius 3 is 2.25 bits per heavy atom. The zero-order valence-electron chi connectivity index (χ0n) is 14.3. The maximum atomic E-state index is 12.6. The molecule has 0 radical (unpaired) electrons. The molecule has 0 fully saturated rings. The summed E-state index contributed by atoms with van der Waals surface area (Å²) in [5, 5.41) is 9.36. The molecule has 3 rings (SSSR count). The number of benzene rings is 1. The lowest BCUT2D eigenvalue weighted by molar-refractivity contribution is -0.0436. The fourth-order valence-electron chi connectivity index (χ4n) is 2.42. The topological polar surface area (TPSA) is 105 Å². The normalized spacial score (nSPS) is 12.0. The quantitative estimate of drug-likeness (QED) is 0.687. The number of sulfone groups is 1. The molecule has 28 heavy (non-hydrogen) atoms. The van der Waals surface area contributed by atoms with Crippen LogP contribution in [-0.4, -0.2) is 35.0 Å². The van der Waals surface area contributed by atoms with E-state index >= 15 is 0 Å². The van der Waals surface area contributed by atoms with Crippen LogP contribution in [0.4, 0.5) is 19.0 Å². The fourth-order valence-corrected chi connectivity index (χ4v) is 3.18. The van der Waals surface area contributed by atoms with E-state index in [-0.39, 0.29) is 11.4 Å². The molecule has 0 saturated carbocycles. The van der Waals surface area contributed by atoms with Crippen LogP contribution in [-0.2, 0) is 9.84 Å². The minimum atomic E-state index is -5.47. The van der Waals surface area contributed by atoms with Gasteiger partial charge in [0.15, 0.2) is 5.82 Å². The monoisotopic (exact) mass is 410 g/mol. The molecule has 0 bridgehead atoms. The van der Waals surface area contributed by atoms with Gasteiger partial charge in [0.1, 0.15) is 0 Å². The Balaban J connectivity index is 1.80. The first-order valence-corrected chi connectivity index (χ1v) is 9.27. The molecule has 146 valence electrons. The van der Waals surface area contributed by atoms with Crippen molar-refractivity contribution in [2.75, 3.05) is 5.32 Å². The van der Waals surface area contributed by atoms with Crippen molar-refractivity contribution in [2.45, 2.75) is 17.3 Å². The van der Waals surface area contributed by atoms with Crippen molar-refractivity contribution in [3.8, 4) is 11.3 Å². The van der Waals surface area contributed by atoms with E-state index in [1.165, 1.54) is 0 Å². The number of halogens is 3. The van der Waals surface area contributed by atoms with E-state index in [1.54, 1.807) is 31.5 Å². The lowest BCUT2D eigenvalue weighted by atomic mass is 10.1. The zero-order chi connectivity index (χ0) is 20.5. The van der Waals surface area contributed by atoms with Gasteiger partial charge in [-0.05, 0) is 43.3 Å². The maximum absolute atomic E-state index is 12.6. The number of pyridine rings is 1. The van der Waals surface area contributed by atoms with Crippen molar-refractivity contribution in [1.29, 1.82) is 0 Å². The minimum Gasteiger partial charge on any atom is -0.305 e. The highest BCUT2D eigenvalue weighted by atomic mass is 32.2. The number of aromatic amines is 1. The summed E-state index contributed by atoms with van der Waals surface area (Å²) in [5.74, 6) is -0.407. The number of nitrogens with one attached hydrogen (secondary N) is 2. The summed E-state index contributed by atoms with van der Waals surface area (Å²) in [6, 6.07) is 6.98. The Labute approximate surface area is 157 Å². The Kier molecular flexibility index (Phi) is 4.94. The second kappa shape index (κ2) is 7.08. The van der Waals surface area contributed by atoms with E-state index in [2.05, 4.69) is 20.5 Å². The van der Waals surface area contributed by atoms with Crippen molar-refractivity contribution < 1.29 is 26.4 Å². The SMILES string of the molecule is Cc1c(NC(=O)c2ccc(S(=O)(=O)C(F)(F)F)cc2)n[nH]c1-c1ccncc1. The fraction of sp³-hybridized carbons (Fsp3) is 0.118. The third-order valence-corrected chi connectivity index (χ3v) is 5.44. The highest BCUT2D eigenvalue weighted by Gasteiger charge is 2.46. The molecule has 0 aliphatic rings. The number of alkyl halides is 3. The first kappa shape index (κ1) is 19.5. The number of carbonyl (C=O) groups is 1. The Morgan fingerprint density at radius 1 is 1.07 bits per heavy atom. The first-order chi connectivity index (χ1) is 13.1. The molecule has 2 heterocycles. The van der Waals surface area contributed by atoms with Crippen LogP contribution in [0.25, 0.3) is 11.3 Å². The first-order valence-electron chi connectivity index (χ1n) is 7.79. The molecule has 1 aromatic carbocycles. The molecule has 11 heteroatoms. The molecule has 0 atom stereocenters. The molecule has 7 nitrogen and oxygen atoms in total. The number of rotatable bonds is 4. The predicted octanol–water partition coefficient (Wildman–Crippen LogP) is 3.33. The molecule has 0 aliphatic carbocycles. The van der Waals surface area contributed by atoms with Gasteiger partial charge in [-0.1, -0.05) is 0 Å². The largest absolute Gasteiger partial charge is 0.501 e. The molecule has 0 aliphatic heterocycles. The molecule has 2 aromatic heterocycles. The molecule has 3 aromatic rings. The third-order valence-electron chi connectivity index (χ3n) is 3.94. The average molecular weight is 410 g/mol. The number of aromatic nitrogens is 3. The molecular formula is C17H13F3N4O3S. The summed E-state index contributed by atoms with van der Waals surface area (Å²) in [5.41, 5.74) is -3.30. The van der Waals surface area contributed by atoms with E-state index < -0.39 is 26.1 Å². The maximum Gasteiger partial charge on any atom is 0.501 e. The van der Waals surface area contributed by atoms with Crippen molar-refractivity contribution in [1.82, 2.24) is 15.2 Å². The lowest BCUT2D eigenvalue weighted by Crippen LogP contribution is -2.23. The van der Waals surface area contributed by atoms with Crippen LogP contribution < -0.4 is 5.32 Å². The summed E-state index contributed by atoms with van der Waals surface area (Å²) >= 11 is 0. The van der Waals surface area contributed by atoms with Crippen LogP contribution in [0.15, 0.2) is 53.7 Å². The van der Waals surface area contributed by atoms with E-state index in [0.717, 1.165) is 29.8 Å². The van der Waals surface area contributed by atoms with Crippen LogP contribution in [0.3, 0.4) is 0 Å². The Bertz CT molecular complexity index is 1110. The number of hydrogen-bond donors (Lipinski definition) is 2. The van der Waals surface area contributed by atoms with E-state index in [4.69, 9.17) is 0 Å². The number of hydrogen-bond acceptors (Lipinski definition) is 5. The van der Waals surface area contributed by atoms with Gasteiger partial charge in [0.25, 0.3) is 15.7 Å². The molecular weight excluding hydrogens is 397 g/mol. The summed E-state index contributed by atoms with van der Waals surface area (Å²) in [6.07, 6.45) is 3.20. The third kappa shape index (κ3) is 3.60. The average Bonchev–Trinajstić information content (AvgIpc) is 3.02. The van der Waals surface area contributed by atoms with Gasteiger partial charge in [-0.3, -0.25) is 14.9 Å². The number of anilines is 1. The van der Waals surface area contributed by atoms with E-state index in [0.29, 0.717) is 11.3 Å². The summed E-state index contributed by atoms with van der Waals surface area (Å²) in [4.78, 5) is 15.3. The van der Waals surface area contributed by atoms with Crippen LogP contribution >= 0.6 is 0 Å². The van der Waals surface area contributed by atoms with Gasteiger partial charge in [0.2, 0.25) is 0 Å². The molecule has 1 amide bonds. The Hall–Kier alpha value is -3.21. The predicted molar refractivity (Wildman–Crippen MR) is 94.2 cm³/mol. The number of H-pyrrole nitrogens is 1. The van der Waals surface area contributed by atoms with Crippen LogP contribution in [0, 0.1) is 6.92 Å². The highest BCUT2D eigenvalue weighted by Crippen LogP contribution is 2.30. The molecule has 2 N–H and O–H groups in total. The van der Waals surface area contributed by atoms with Crippen molar-refractivity contribution in [3.63, 3.8) is 0 Å². The van der Waals surface area contributed by atoms with Crippen LogP contribution in [0.5, 0.6) is 0 Å². The van der Waals surface area contributed by atoms with Gasteiger partial charge >= 0.3 is 5.51 Å². The molecule has 0 spiro atoms. The van der Waals surface area contributed by atoms with Gasteiger partial charge in [-0.2, -0.15) is 18.3 Å². The van der Waals surface area contributed by atoms with Crippen molar-refractivity contribution >= 4 is 21.6 Å². The molecule has 0 unspecified atom stereocenters. The lowest BCUT2D eigenvalue weighted by Gasteiger charge is -2.09. The number of nitrogens with zero attached hydrogens (tertiary/aromatic N) is 2. The van der Waals surface area contributed by atoms with Crippen LogP contribution in [0.2, 0.25) is 0 Å².